The minimum Gasteiger partial charge on any atom is -0.380 e. The number of benzene rings is 2. The molecule has 5 rings (SSSR count). The Balaban J connectivity index is 1.31. The number of hydroxylamine groups is 2. The molecule has 0 atom stereocenters. The van der Waals surface area contributed by atoms with E-state index in [1.54, 1.807) is 35.5 Å². The van der Waals surface area contributed by atoms with Crippen molar-refractivity contribution < 1.29 is 22.4 Å². The molecule has 0 saturated heterocycles. The summed E-state index contributed by atoms with van der Waals surface area (Å²) >= 11 is 1.43. The van der Waals surface area contributed by atoms with Crippen LogP contribution < -0.4 is 19.9 Å². The molecule has 31 heavy (non-hydrogen) atoms. The number of aromatic nitrogens is 3. The van der Waals surface area contributed by atoms with Crippen molar-refractivity contribution in [2.24, 2.45) is 0 Å². The standard InChI is InChI=1S/C20H13F4N5OS/c21-15-7-12(20(22,23)24)8-16-18(15)28-19(27-16)26-13-1-3-14(4-2-13)30-29-6-5-17-11(10-29)9-25-31-17/h1-5,7-10H,6H2,(H2,26,27,28). The summed E-state index contributed by atoms with van der Waals surface area (Å²) in [6, 6.07) is 8.14. The molecule has 0 spiro atoms. The van der Waals surface area contributed by atoms with Crippen LogP contribution in [0, 0.1) is 5.82 Å². The minimum atomic E-state index is -4.64. The highest BCUT2D eigenvalue weighted by molar-refractivity contribution is 7.03. The summed E-state index contributed by atoms with van der Waals surface area (Å²) in [7, 11) is 0. The van der Waals surface area contributed by atoms with Gasteiger partial charge < -0.3 is 15.1 Å². The van der Waals surface area contributed by atoms with Gasteiger partial charge >= 0.3 is 6.18 Å². The Morgan fingerprint density at radius 2 is 1.97 bits per heavy atom. The van der Waals surface area contributed by atoms with Gasteiger partial charge in [0.25, 0.3) is 0 Å². The Labute approximate surface area is 176 Å². The molecule has 0 bridgehead atoms. The topological polar surface area (TPSA) is 66.1 Å². The van der Waals surface area contributed by atoms with E-state index in [4.69, 9.17) is 4.84 Å². The SMILES string of the molecule is Fc1cc(C(F)(F)F)cc2[nH]c(Nc3ccc(ON4C=c5cnsc5=CC4)cc3)nc12. The van der Waals surface area contributed by atoms with Crippen LogP contribution in [0.5, 0.6) is 5.75 Å². The van der Waals surface area contributed by atoms with Crippen LogP contribution in [-0.2, 0) is 6.18 Å². The van der Waals surface area contributed by atoms with Gasteiger partial charge in [-0.3, -0.25) is 0 Å². The highest BCUT2D eigenvalue weighted by Gasteiger charge is 2.32. The molecule has 158 valence electrons. The largest absolute Gasteiger partial charge is 0.416 e. The summed E-state index contributed by atoms with van der Waals surface area (Å²) in [6.45, 7) is 0.583. The van der Waals surface area contributed by atoms with E-state index in [1.165, 1.54) is 11.5 Å². The monoisotopic (exact) mass is 447 g/mol. The molecule has 6 nitrogen and oxygen atoms in total. The zero-order valence-corrected chi connectivity index (χ0v) is 16.4. The third-order valence-corrected chi connectivity index (χ3v) is 5.38. The lowest BCUT2D eigenvalue weighted by atomic mass is 10.2. The highest BCUT2D eigenvalue weighted by Crippen LogP contribution is 2.33. The molecule has 1 aliphatic rings. The smallest absolute Gasteiger partial charge is 0.380 e. The molecule has 0 aliphatic carbocycles. The molecular formula is C20H13F4N5OS. The number of aromatic amines is 1. The van der Waals surface area contributed by atoms with Crippen molar-refractivity contribution in [3.63, 3.8) is 0 Å². The van der Waals surface area contributed by atoms with Crippen molar-refractivity contribution >= 4 is 46.5 Å². The maximum Gasteiger partial charge on any atom is 0.416 e. The van der Waals surface area contributed by atoms with Crippen LogP contribution in [0.3, 0.4) is 0 Å². The maximum atomic E-state index is 14.0. The van der Waals surface area contributed by atoms with Crippen molar-refractivity contribution in [2.45, 2.75) is 6.18 Å². The third kappa shape index (κ3) is 3.91. The molecule has 0 unspecified atom stereocenters. The van der Waals surface area contributed by atoms with E-state index in [0.717, 1.165) is 15.8 Å². The molecule has 11 heteroatoms. The number of imidazole rings is 1. The van der Waals surface area contributed by atoms with E-state index in [9.17, 15) is 17.6 Å². The first-order chi connectivity index (χ1) is 14.8. The van der Waals surface area contributed by atoms with E-state index >= 15 is 0 Å². The molecule has 4 aromatic rings. The molecular weight excluding hydrogens is 434 g/mol. The molecule has 2 aromatic carbocycles. The van der Waals surface area contributed by atoms with Crippen LogP contribution in [0.25, 0.3) is 23.3 Å². The van der Waals surface area contributed by atoms with Crippen molar-refractivity contribution in [3.05, 3.63) is 63.7 Å². The summed E-state index contributed by atoms with van der Waals surface area (Å²) in [5.41, 5.74) is -0.698. The lowest BCUT2D eigenvalue weighted by molar-refractivity contribution is -0.137. The second-order valence-corrected chi connectivity index (χ2v) is 7.59. The fourth-order valence-electron chi connectivity index (χ4n) is 3.12. The molecule has 2 N–H and O–H groups in total. The van der Waals surface area contributed by atoms with Gasteiger partial charge in [-0.15, -0.1) is 0 Å². The third-order valence-electron chi connectivity index (χ3n) is 4.57. The van der Waals surface area contributed by atoms with Crippen molar-refractivity contribution in [2.75, 3.05) is 11.9 Å². The molecule has 2 aromatic heterocycles. The fourth-order valence-corrected chi connectivity index (χ4v) is 3.76. The molecule has 0 radical (unpaired) electrons. The number of hydrogen-bond acceptors (Lipinski definition) is 6. The van der Waals surface area contributed by atoms with Gasteiger partial charge in [0.05, 0.1) is 28.4 Å². The van der Waals surface area contributed by atoms with E-state index in [2.05, 4.69) is 19.7 Å². The number of alkyl halides is 3. The van der Waals surface area contributed by atoms with Gasteiger partial charge in [0.15, 0.2) is 11.6 Å². The molecule has 3 heterocycles. The number of halogens is 4. The van der Waals surface area contributed by atoms with Crippen molar-refractivity contribution in [1.29, 1.82) is 0 Å². The first kappa shape index (κ1) is 19.4. The number of hydrogen-bond donors (Lipinski definition) is 2. The van der Waals surface area contributed by atoms with Gasteiger partial charge in [-0.05, 0) is 54.0 Å². The lowest BCUT2D eigenvalue weighted by Crippen LogP contribution is -2.34. The lowest BCUT2D eigenvalue weighted by Gasteiger charge is -2.20. The zero-order chi connectivity index (χ0) is 21.6. The second kappa shape index (κ2) is 7.27. The van der Waals surface area contributed by atoms with Crippen molar-refractivity contribution in [3.8, 4) is 5.75 Å². The number of nitrogens with one attached hydrogen (secondary N) is 2. The first-order valence-electron chi connectivity index (χ1n) is 9.06. The number of anilines is 2. The van der Waals surface area contributed by atoms with Gasteiger partial charge in [-0.1, -0.05) is 0 Å². The van der Waals surface area contributed by atoms with Crippen LogP contribution in [0.4, 0.5) is 29.2 Å². The number of fused-ring (bicyclic) bond motifs is 2. The van der Waals surface area contributed by atoms with Crippen LogP contribution in [-0.4, -0.2) is 25.9 Å². The van der Waals surface area contributed by atoms with E-state index in [0.29, 0.717) is 24.0 Å². The molecule has 0 saturated carbocycles. The zero-order valence-electron chi connectivity index (χ0n) is 15.6. The highest BCUT2D eigenvalue weighted by atomic mass is 32.1. The predicted octanol–water partition coefficient (Wildman–Crippen LogP) is 3.75. The van der Waals surface area contributed by atoms with Gasteiger partial charge in [0, 0.05) is 17.1 Å². The summed E-state index contributed by atoms with van der Waals surface area (Å²) in [5, 5.41) is 5.58. The second-order valence-electron chi connectivity index (χ2n) is 6.76. The fraction of sp³-hybridized carbons (Fsp3) is 0.100. The predicted molar refractivity (Wildman–Crippen MR) is 108 cm³/mol. The molecule has 1 aliphatic heterocycles. The summed E-state index contributed by atoms with van der Waals surface area (Å²) in [6.07, 6.45) is 1.01. The Morgan fingerprint density at radius 3 is 2.74 bits per heavy atom. The number of nitrogens with zero attached hydrogens (tertiary/aromatic N) is 3. The average molecular weight is 447 g/mol. The maximum absolute atomic E-state index is 14.0. The van der Waals surface area contributed by atoms with E-state index in [-0.39, 0.29) is 17.0 Å². The first-order valence-corrected chi connectivity index (χ1v) is 9.83. The average Bonchev–Trinajstić information content (AvgIpc) is 3.35. The van der Waals surface area contributed by atoms with Crippen LogP contribution in [0.2, 0.25) is 0 Å². The van der Waals surface area contributed by atoms with Gasteiger partial charge in [-0.25, -0.2) is 14.4 Å². The summed E-state index contributed by atoms with van der Waals surface area (Å²) < 4.78 is 57.9. The molecule has 0 fully saturated rings. The van der Waals surface area contributed by atoms with Crippen LogP contribution in [0.15, 0.2) is 42.6 Å². The Morgan fingerprint density at radius 1 is 1.16 bits per heavy atom. The van der Waals surface area contributed by atoms with Crippen molar-refractivity contribution in [1.82, 2.24) is 19.4 Å². The van der Waals surface area contributed by atoms with E-state index < -0.39 is 17.6 Å². The summed E-state index contributed by atoms with van der Waals surface area (Å²) in [4.78, 5) is 12.5. The number of H-pyrrole nitrogens is 1. The molecule has 0 amide bonds. The quantitative estimate of drug-likeness (QED) is 0.467. The van der Waals surface area contributed by atoms with Gasteiger partial charge in [0.1, 0.15) is 5.52 Å². The van der Waals surface area contributed by atoms with Gasteiger partial charge in [-0.2, -0.15) is 17.5 Å². The minimum absolute atomic E-state index is 0.0473. The number of rotatable bonds is 4. The Kier molecular flexibility index (Phi) is 4.54. The van der Waals surface area contributed by atoms with Gasteiger partial charge in [0.2, 0.25) is 5.95 Å². The summed E-state index contributed by atoms with van der Waals surface area (Å²) in [5.74, 6) is -0.331. The van der Waals surface area contributed by atoms with E-state index in [1.807, 2.05) is 12.3 Å². The Bertz CT molecular complexity index is 1380. The van der Waals surface area contributed by atoms with Crippen LogP contribution >= 0.6 is 11.5 Å². The normalized spacial score (nSPS) is 13.5. The Hall–Kier alpha value is -3.60. The van der Waals surface area contributed by atoms with Crippen LogP contribution in [0.1, 0.15) is 5.56 Å².